The monoisotopic (exact) mass is 227 g/mol. The number of aromatic nitrogens is 2. The standard InChI is InChI=1S/C13H13N3O/c1-10-7-8-14-13(16-10)9-15-11-5-3-4-6-12(11)17-2/h3-9H,1-2H3/b15-9-. The number of hydrogen-bond acceptors (Lipinski definition) is 4. The Kier molecular flexibility index (Phi) is 3.45. The molecule has 0 aliphatic carbocycles. The maximum atomic E-state index is 5.20. The summed E-state index contributed by atoms with van der Waals surface area (Å²) in [6.45, 7) is 1.92. The molecule has 0 N–H and O–H groups in total. The average Bonchev–Trinajstić information content (AvgIpc) is 2.37. The van der Waals surface area contributed by atoms with Crippen LogP contribution < -0.4 is 4.74 Å². The molecular weight excluding hydrogens is 214 g/mol. The molecule has 2 aromatic rings. The van der Waals surface area contributed by atoms with E-state index in [2.05, 4.69) is 15.0 Å². The minimum Gasteiger partial charge on any atom is -0.494 e. The van der Waals surface area contributed by atoms with Gasteiger partial charge in [0.1, 0.15) is 11.4 Å². The fourth-order valence-corrected chi connectivity index (χ4v) is 1.39. The zero-order valence-electron chi connectivity index (χ0n) is 9.79. The summed E-state index contributed by atoms with van der Waals surface area (Å²) in [5, 5.41) is 0. The van der Waals surface area contributed by atoms with E-state index in [1.165, 1.54) is 0 Å². The van der Waals surface area contributed by atoms with E-state index in [0.717, 1.165) is 17.1 Å². The quantitative estimate of drug-likeness (QED) is 0.757. The predicted molar refractivity (Wildman–Crippen MR) is 67.0 cm³/mol. The highest BCUT2D eigenvalue weighted by molar-refractivity contribution is 5.78. The van der Waals surface area contributed by atoms with Crippen molar-refractivity contribution in [3.63, 3.8) is 0 Å². The van der Waals surface area contributed by atoms with Crippen LogP contribution >= 0.6 is 0 Å². The average molecular weight is 227 g/mol. The Balaban J connectivity index is 2.26. The van der Waals surface area contributed by atoms with Gasteiger partial charge in [-0.05, 0) is 25.1 Å². The van der Waals surface area contributed by atoms with Crippen molar-refractivity contribution < 1.29 is 4.74 Å². The zero-order valence-corrected chi connectivity index (χ0v) is 9.79. The first kappa shape index (κ1) is 11.3. The van der Waals surface area contributed by atoms with Gasteiger partial charge in [0.2, 0.25) is 0 Å². The van der Waals surface area contributed by atoms with Gasteiger partial charge in [-0.15, -0.1) is 0 Å². The molecule has 0 fully saturated rings. The maximum absolute atomic E-state index is 5.20. The molecule has 0 bridgehead atoms. The lowest BCUT2D eigenvalue weighted by atomic mass is 10.3. The van der Waals surface area contributed by atoms with Gasteiger partial charge in [0.15, 0.2) is 5.82 Å². The van der Waals surface area contributed by atoms with E-state index in [9.17, 15) is 0 Å². The first-order valence-electron chi connectivity index (χ1n) is 5.26. The molecule has 86 valence electrons. The third-order valence-electron chi connectivity index (χ3n) is 2.22. The van der Waals surface area contributed by atoms with Crippen LogP contribution in [0.15, 0.2) is 41.5 Å². The topological polar surface area (TPSA) is 47.4 Å². The largest absolute Gasteiger partial charge is 0.494 e. The minimum atomic E-state index is 0.593. The molecule has 17 heavy (non-hydrogen) atoms. The van der Waals surface area contributed by atoms with Crippen LogP contribution in [0.4, 0.5) is 5.69 Å². The molecule has 1 aromatic carbocycles. The van der Waals surface area contributed by atoms with Gasteiger partial charge < -0.3 is 4.74 Å². The summed E-state index contributed by atoms with van der Waals surface area (Å²) in [6.07, 6.45) is 3.34. The van der Waals surface area contributed by atoms with E-state index >= 15 is 0 Å². The Labute approximate surface area is 100 Å². The summed E-state index contributed by atoms with van der Waals surface area (Å²) in [4.78, 5) is 12.7. The molecule has 4 nitrogen and oxygen atoms in total. The molecule has 1 heterocycles. The van der Waals surface area contributed by atoms with Crippen LogP contribution in [0.25, 0.3) is 0 Å². The molecule has 1 aromatic heterocycles. The van der Waals surface area contributed by atoms with Gasteiger partial charge in [-0.3, -0.25) is 0 Å². The van der Waals surface area contributed by atoms with Gasteiger partial charge in [-0.25, -0.2) is 15.0 Å². The Morgan fingerprint density at radius 2 is 2.06 bits per heavy atom. The number of aryl methyl sites for hydroxylation is 1. The van der Waals surface area contributed by atoms with E-state index in [-0.39, 0.29) is 0 Å². The van der Waals surface area contributed by atoms with Gasteiger partial charge in [0.25, 0.3) is 0 Å². The minimum absolute atomic E-state index is 0.593. The van der Waals surface area contributed by atoms with E-state index < -0.39 is 0 Å². The fraction of sp³-hybridized carbons (Fsp3) is 0.154. The van der Waals surface area contributed by atoms with E-state index in [4.69, 9.17) is 4.74 Å². The Morgan fingerprint density at radius 3 is 2.82 bits per heavy atom. The third kappa shape index (κ3) is 2.87. The van der Waals surface area contributed by atoms with Crippen molar-refractivity contribution in [1.29, 1.82) is 0 Å². The van der Waals surface area contributed by atoms with E-state index in [1.807, 2.05) is 37.3 Å². The maximum Gasteiger partial charge on any atom is 0.170 e. The first-order valence-corrected chi connectivity index (χ1v) is 5.26. The van der Waals surface area contributed by atoms with Crippen LogP contribution in [0.3, 0.4) is 0 Å². The van der Waals surface area contributed by atoms with Crippen LogP contribution in [-0.4, -0.2) is 23.3 Å². The Bertz CT molecular complexity index is 538. The molecule has 0 amide bonds. The van der Waals surface area contributed by atoms with Gasteiger partial charge in [0, 0.05) is 11.9 Å². The molecule has 0 saturated heterocycles. The van der Waals surface area contributed by atoms with Gasteiger partial charge in [0.05, 0.1) is 13.3 Å². The molecule has 4 heteroatoms. The van der Waals surface area contributed by atoms with Gasteiger partial charge >= 0.3 is 0 Å². The van der Waals surface area contributed by atoms with Gasteiger partial charge in [-0.2, -0.15) is 0 Å². The van der Waals surface area contributed by atoms with Crippen LogP contribution in [0.2, 0.25) is 0 Å². The normalized spacial score (nSPS) is 10.7. The van der Waals surface area contributed by atoms with E-state index in [1.54, 1.807) is 19.5 Å². The molecule has 0 saturated carbocycles. The lowest BCUT2D eigenvalue weighted by Gasteiger charge is -2.02. The third-order valence-corrected chi connectivity index (χ3v) is 2.22. The molecule has 0 aliphatic heterocycles. The van der Waals surface area contributed by atoms with Crippen LogP contribution in [0.5, 0.6) is 5.75 Å². The highest BCUT2D eigenvalue weighted by atomic mass is 16.5. The van der Waals surface area contributed by atoms with E-state index in [0.29, 0.717) is 5.82 Å². The summed E-state index contributed by atoms with van der Waals surface area (Å²) < 4.78 is 5.20. The Hall–Kier alpha value is -2.23. The van der Waals surface area contributed by atoms with Crippen LogP contribution in [-0.2, 0) is 0 Å². The van der Waals surface area contributed by atoms with Crippen molar-refractivity contribution >= 4 is 11.9 Å². The zero-order chi connectivity index (χ0) is 12.1. The predicted octanol–water partition coefficient (Wildman–Crippen LogP) is 2.54. The number of benzene rings is 1. The first-order chi connectivity index (χ1) is 8.29. The molecular formula is C13H13N3O. The van der Waals surface area contributed by atoms with Crippen LogP contribution in [0, 0.1) is 6.92 Å². The van der Waals surface area contributed by atoms with Crippen molar-refractivity contribution in [2.45, 2.75) is 6.92 Å². The van der Waals surface area contributed by atoms with Crippen molar-refractivity contribution in [3.05, 3.63) is 48.0 Å². The lowest BCUT2D eigenvalue weighted by molar-refractivity contribution is 0.416. The SMILES string of the molecule is COc1ccccc1/N=C\c1nccc(C)n1. The molecule has 0 radical (unpaired) electrons. The number of rotatable bonds is 3. The summed E-state index contributed by atoms with van der Waals surface area (Å²) in [5.41, 5.74) is 1.68. The second-order valence-corrected chi connectivity index (χ2v) is 3.49. The Morgan fingerprint density at radius 1 is 1.24 bits per heavy atom. The van der Waals surface area contributed by atoms with Crippen molar-refractivity contribution in [3.8, 4) is 5.75 Å². The van der Waals surface area contributed by atoms with Crippen molar-refractivity contribution in [1.82, 2.24) is 9.97 Å². The number of para-hydroxylation sites is 2. The summed E-state index contributed by atoms with van der Waals surface area (Å²) in [7, 11) is 1.62. The molecule has 0 atom stereocenters. The second-order valence-electron chi connectivity index (χ2n) is 3.49. The summed E-state index contributed by atoms with van der Waals surface area (Å²) in [5.74, 6) is 1.33. The lowest BCUT2D eigenvalue weighted by Crippen LogP contribution is -1.93. The molecule has 0 spiro atoms. The number of hydrogen-bond donors (Lipinski definition) is 0. The second kappa shape index (κ2) is 5.21. The summed E-state index contributed by atoms with van der Waals surface area (Å²) in [6, 6.07) is 9.41. The number of methoxy groups -OCH3 is 1. The van der Waals surface area contributed by atoms with Crippen molar-refractivity contribution in [2.24, 2.45) is 4.99 Å². The number of nitrogens with zero attached hydrogens (tertiary/aromatic N) is 3. The smallest absolute Gasteiger partial charge is 0.170 e. The highest BCUT2D eigenvalue weighted by Crippen LogP contribution is 2.25. The number of ether oxygens (including phenoxy) is 1. The molecule has 0 unspecified atom stereocenters. The molecule has 2 rings (SSSR count). The van der Waals surface area contributed by atoms with Crippen molar-refractivity contribution in [2.75, 3.05) is 7.11 Å². The van der Waals surface area contributed by atoms with Gasteiger partial charge in [-0.1, -0.05) is 12.1 Å². The number of aliphatic imine (C=N–C) groups is 1. The summed E-state index contributed by atoms with van der Waals surface area (Å²) >= 11 is 0. The highest BCUT2D eigenvalue weighted by Gasteiger charge is 1.98. The van der Waals surface area contributed by atoms with Crippen LogP contribution in [0.1, 0.15) is 11.5 Å². The molecule has 0 aliphatic rings. The fourth-order valence-electron chi connectivity index (χ4n) is 1.39.